The Morgan fingerprint density at radius 2 is 1.68 bits per heavy atom. The van der Waals surface area contributed by atoms with Gasteiger partial charge in [-0.3, -0.25) is 19.2 Å². The van der Waals surface area contributed by atoms with E-state index in [-0.39, 0.29) is 37.4 Å². The number of nitrogens with one attached hydrogen (secondary N) is 3. The van der Waals surface area contributed by atoms with E-state index < -0.39 is 74.9 Å². The highest BCUT2D eigenvalue weighted by Gasteiger charge is 2.59. The monoisotopic (exact) mass is 880 g/mol. The van der Waals surface area contributed by atoms with Crippen molar-refractivity contribution in [3.63, 3.8) is 0 Å². The van der Waals surface area contributed by atoms with Gasteiger partial charge in [0.2, 0.25) is 23.6 Å². The molecule has 4 aromatic rings. The molecule has 1 aliphatic heterocycles. The first kappa shape index (κ1) is 45.8. The number of likely N-dealkylation sites (tertiary alicyclic amines) is 1. The second-order valence-corrected chi connectivity index (χ2v) is 18.2. The number of hydrogen-bond donors (Lipinski definition) is 3. The van der Waals surface area contributed by atoms with Gasteiger partial charge >= 0.3 is 6.09 Å². The maximum Gasteiger partial charge on any atom is 0.408 e. The van der Waals surface area contributed by atoms with Crippen molar-refractivity contribution in [2.24, 2.45) is 11.3 Å². The molecule has 2 fully saturated rings. The highest BCUT2D eigenvalue weighted by atomic mass is 32.2. The quantitative estimate of drug-likeness (QED) is 0.105. The predicted molar refractivity (Wildman–Crippen MR) is 235 cm³/mol. The molecule has 6 rings (SSSR count). The van der Waals surface area contributed by atoms with Gasteiger partial charge in [0.05, 0.1) is 41.7 Å². The average Bonchev–Trinajstić information content (AvgIpc) is 3.85. The van der Waals surface area contributed by atoms with Crippen molar-refractivity contribution >= 4 is 50.6 Å². The number of allylic oxidation sites excluding steroid dienone is 1. The van der Waals surface area contributed by atoms with E-state index in [0.717, 1.165) is 11.6 Å². The molecule has 5 atom stereocenters. The Morgan fingerprint density at radius 1 is 1.00 bits per heavy atom. The smallest absolute Gasteiger partial charge is 0.408 e. The van der Waals surface area contributed by atoms with Crippen molar-refractivity contribution in [2.75, 3.05) is 33.8 Å². The number of alkyl carbamates (subject to hydrolysis) is 1. The number of amides is 5. The molecule has 5 amide bonds. The first-order valence-corrected chi connectivity index (χ1v) is 21.8. The summed E-state index contributed by atoms with van der Waals surface area (Å²) in [7, 11) is -1.26. The van der Waals surface area contributed by atoms with Crippen molar-refractivity contribution in [2.45, 2.75) is 62.3 Å². The summed E-state index contributed by atoms with van der Waals surface area (Å²) in [6, 6.07) is 21.4. The molecule has 0 radical (unpaired) electrons. The van der Waals surface area contributed by atoms with Gasteiger partial charge in [0, 0.05) is 43.1 Å². The van der Waals surface area contributed by atoms with E-state index in [0.29, 0.717) is 28.1 Å². The fourth-order valence-electron chi connectivity index (χ4n) is 7.50. The lowest BCUT2D eigenvalue weighted by Crippen LogP contribution is -2.57. The fourth-order valence-corrected chi connectivity index (χ4v) is 8.58. The third-order valence-corrected chi connectivity index (χ3v) is 12.3. The number of rotatable bonds is 16. The number of nitrogens with zero attached hydrogens (tertiary/aromatic N) is 3. The van der Waals surface area contributed by atoms with Crippen LogP contribution >= 0.6 is 0 Å². The molecule has 3 N–H and O–H groups in total. The number of fused-ring (bicyclic) bond motifs is 1. The molecule has 332 valence electrons. The van der Waals surface area contributed by atoms with Crippen molar-refractivity contribution in [1.82, 2.24) is 30.1 Å². The van der Waals surface area contributed by atoms with Gasteiger partial charge in [-0.1, -0.05) is 61.2 Å². The number of likely N-dealkylation sites (N-methyl/N-ethyl adjacent to an activating group) is 1. The number of carbonyl (C=O) groups excluding carboxylic acids is 5. The van der Waals surface area contributed by atoms with Gasteiger partial charge in [-0.2, -0.15) is 0 Å². The number of pyridine rings is 1. The molecule has 2 aliphatic rings. The maximum absolute atomic E-state index is 14.7. The van der Waals surface area contributed by atoms with Crippen LogP contribution in [0.25, 0.3) is 22.2 Å². The van der Waals surface area contributed by atoms with Crippen molar-refractivity contribution < 1.29 is 46.6 Å². The van der Waals surface area contributed by atoms with E-state index in [4.69, 9.17) is 19.2 Å². The Morgan fingerprint density at radius 3 is 2.30 bits per heavy atom. The number of sulfonamides is 1. The summed E-state index contributed by atoms with van der Waals surface area (Å²) in [5.74, 6) is -2.19. The number of aromatic nitrogens is 1. The molecule has 1 aromatic heterocycles. The summed E-state index contributed by atoms with van der Waals surface area (Å²) in [5.41, 5.74) is -0.291. The predicted octanol–water partition coefficient (Wildman–Crippen LogP) is 4.61. The first-order valence-electron chi connectivity index (χ1n) is 20.3. The zero-order valence-electron chi connectivity index (χ0n) is 35.8. The number of benzene rings is 3. The summed E-state index contributed by atoms with van der Waals surface area (Å²) in [6.45, 7) is 11.6. The highest BCUT2D eigenvalue weighted by Crippen LogP contribution is 2.53. The van der Waals surface area contributed by atoms with E-state index >= 15 is 0 Å². The van der Waals surface area contributed by atoms with E-state index in [9.17, 15) is 32.4 Å². The van der Waals surface area contributed by atoms with Crippen LogP contribution in [0.15, 0.2) is 115 Å². The largest absolute Gasteiger partial charge is 0.497 e. The number of ether oxygens (including phenoxy) is 3. The Kier molecular flexibility index (Phi) is 13.6. The SMILES string of the molecule is C=CC(=O)N(C)CC(NC(=O)OC(C)(C)C)C(=O)N1CC(Oc2cc(-c3ccccc3)nc3cc(OC)ccc23)CC1C(=O)NCC1(C(=O)NS(=O)(=O)c2ccccc2)CC1C=C. The Labute approximate surface area is 366 Å². The first-order chi connectivity index (χ1) is 29.9. The van der Waals surface area contributed by atoms with Crippen LogP contribution in [0, 0.1) is 11.3 Å². The second kappa shape index (κ2) is 18.7. The van der Waals surface area contributed by atoms with Crippen molar-refractivity contribution in [3.05, 3.63) is 110 Å². The second-order valence-electron chi connectivity index (χ2n) is 16.5. The Hall–Kier alpha value is -6.75. The minimum absolute atomic E-state index is 0.0364. The fraction of sp³-hybridized carbons (Fsp3) is 0.348. The van der Waals surface area contributed by atoms with Crippen LogP contribution in [0.4, 0.5) is 4.79 Å². The zero-order valence-corrected chi connectivity index (χ0v) is 36.6. The Balaban J connectivity index is 1.32. The van der Waals surface area contributed by atoms with Gasteiger partial charge < -0.3 is 34.6 Å². The molecule has 17 heteroatoms. The summed E-state index contributed by atoms with van der Waals surface area (Å²) in [6.07, 6.45) is 1.04. The van der Waals surface area contributed by atoms with Crippen LogP contribution in [0.2, 0.25) is 0 Å². The van der Waals surface area contributed by atoms with Crippen LogP contribution in [0.5, 0.6) is 11.5 Å². The van der Waals surface area contributed by atoms with E-state index in [1.165, 1.54) is 47.2 Å². The highest BCUT2D eigenvalue weighted by molar-refractivity contribution is 7.90. The van der Waals surface area contributed by atoms with Gasteiger partial charge in [-0.25, -0.2) is 22.9 Å². The molecule has 1 aliphatic carbocycles. The summed E-state index contributed by atoms with van der Waals surface area (Å²) < 4.78 is 46.1. The number of carbonyl (C=O) groups is 5. The minimum atomic E-state index is -4.24. The van der Waals surface area contributed by atoms with Gasteiger partial charge in [-0.15, -0.1) is 6.58 Å². The topological polar surface area (TPSA) is 203 Å². The Bertz CT molecular complexity index is 2510. The van der Waals surface area contributed by atoms with Crippen LogP contribution < -0.4 is 24.8 Å². The number of hydrogen-bond acceptors (Lipinski definition) is 11. The zero-order chi connectivity index (χ0) is 45.7. The third kappa shape index (κ3) is 10.7. The molecular weight excluding hydrogens is 829 g/mol. The summed E-state index contributed by atoms with van der Waals surface area (Å²) in [4.78, 5) is 75.9. The normalized spacial score (nSPS) is 19.8. The van der Waals surface area contributed by atoms with Crippen LogP contribution in [0.1, 0.15) is 33.6 Å². The van der Waals surface area contributed by atoms with E-state index in [1.54, 1.807) is 58.2 Å². The lowest BCUT2D eigenvalue weighted by molar-refractivity contribution is -0.141. The lowest BCUT2D eigenvalue weighted by Gasteiger charge is -2.31. The molecule has 1 saturated heterocycles. The molecule has 5 unspecified atom stereocenters. The molecule has 0 bridgehead atoms. The van der Waals surface area contributed by atoms with Crippen LogP contribution in [0.3, 0.4) is 0 Å². The maximum atomic E-state index is 14.7. The molecule has 0 spiro atoms. The third-order valence-electron chi connectivity index (χ3n) is 10.9. The van der Waals surface area contributed by atoms with Gasteiger partial charge in [0.15, 0.2) is 0 Å². The standard InChI is InChI=1S/C46H52N6O10S/c1-8-30-25-46(30,43(56)50-63(58,59)33-18-14-11-15-19-33)28-47-41(54)38-23-32(26-52(38)42(55)37(27-51(6)40(53)9-2)49-44(57)62-45(3,4)5)61-39-24-35(29-16-12-10-13-17-29)48-36-22-31(60-7)20-21-34(36)39/h8-22,24,30,32,37-38H,1-2,23,25-28H2,3-7H3,(H,47,54)(H,49,57)(H,50,56). The molecule has 1 saturated carbocycles. The number of methoxy groups -OCH3 is 1. The van der Waals surface area contributed by atoms with Crippen LogP contribution in [-0.4, -0.2) is 111 Å². The molecule has 63 heavy (non-hydrogen) atoms. The van der Waals surface area contributed by atoms with Crippen molar-refractivity contribution in [3.8, 4) is 22.8 Å². The molecular formula is C46H52N6O10S. The van der Waals surface area contributed by atoms with Crippen molar-refractivity contribution in [1.29, 1.82) is 0 Å². The van der Waals surface area contributed by atoms with Gasteiger partial charge in [0.25, 0.3) is 10.0 Å². The lowest BCUT2D eigenvalue weighted by atomic mass is 10.0. The summed E-state index contributed by atoms with van der Waals surface area (Å²) in [5, 5.41) is 6.03. The summed E-state index contributed by atoms with van der Waals surface area (Å²) >= 11 is 0. The molecule has 16 nitrogen and oxygen atoms in total. The average molecular weight is 881 g/mol. The van der Waals surface area contributed by atoms with E-state index in [1.807, 2.05) is 30.3 Å². The van der Waals surface area contributed by atoms with Gasteiger partial charge in [0.1, 0.15) is 35.3 Å². The molecule has 3 aromatic carbocycles. The van der Waals surface area contributed by atoms with Gasteiger partial charge in [-0.05, 0) is 63.5 Å². The minimum Gasteiger partial charge on any atom is -0.497 e. The molecule has 2 heterocycles. The van der Waals surface area contributed by atoms with Crippen LogP contribution in [-0.2, 0) is 33.9 Å². The van der Waals surface area contributed by atoms with E-state index in [2.05, 4.69) is 28.5 Å².